The third kappa shape index (κ3) is 2.65. The lowest BCUT2D eigenvalue weighted by Gasteiger charge is -2.16. The van der Waals surface area contributed by atoms with Gasteiger partial charge in [0.15, 0.2) is 6.23 Å². The largest absolute Gasteiger partial charge is 0.394 e. The smallest absolute Gasteiger partial charge is 0.351 e. The predicted octanol–water partition coefficient (Wildman–Crippen LogP) is 0.00310. The van der Waals surface area contributed by atoms with E-state index in [1.54, 1.807) is 0 Å². The zero-order valence-electron chi connectivity index (χ0n) is 13.1. The summed E-state index contributed by atoms with van der Waals surface area (Å²) >= 11 is 0. The summed E-state index contributed by atoms with van der Waals surface area (Å²) in [6.07, 6.45) is -3.14. The minimum Gasteiger partial charge on any atom is -0.394 e. The topological polar surface area (TPSA) is 121 Å². The zero-order chi connectivity index (χ0) is 17.6. The molecule has 0 bridgehead atoms. The molecule has 8 nitrogen and oxygen atoms in total. The van der Waals surface area contributed by atoms with Crippen LogP contribution in [0.15, 0.2) is 47.4 Å². The molecule has 0 radical (unpaired) electrons. The van der Waals surface area contributed by atoms with Crippen molar-refractivity contribution in [2.45, 2.75) is 24.5 Å². The van der Waals surface area contributed by atoms with Crippen molar-refractivity contribution < 1.29 is 20.1 Å². The number of ether oxygens (including phenoxy) is 1. The number of nitrogens with zero attached hydrogens (tertiary/aromatic N) is 2. The van der Waals surface area contributed by atoms with Crippen LogP contribution < -0.4 is 5.69 Å². The molecule has 1 fully saturated rings. The average molecular weight is 343 g/mol. The number of aliphatic hydroxyl groups excluding tert-OH is 3. The molecule has 0 saturated carbocycles. The van der Waals surface area contributed by atoms with E-state index in [2.05, 4.69) is 9.97 Å². The normalized spacial score (nSPS) is 26.4. The van der Waals surface area contributed by atoms with Crippen LogP contribution in [0.1, 0.15) is 6.23 Å². The molecule has 0 spiro atoms. The number of rotatable bonds is 3. The van der Waals surface area contributed by atoms with Crippen molar-refractivity contribution in [2.75, 3.05) is 6.61 Å². The minimum atomic E-state index is -1.33. The van der Waals surface area contributed by atoms with E-state index in [0.717, 1.165) is 15.8 Å². The first-order chi connectivity index (χ1) is 12.1. The van der Waals surface area contributed by atoms with Crippen LogP contribution in [-0.4, -0.2) is 54.8 Å². The summed E-state index contributed by atoms with van der Waals surface area (Å²) in [6.45, 7) is -0.457. The van der Waals surface area contributed by atoms with Gasteiger partial charge in [-0.3, -0.25) is 4.57 Å². The summed E-state index contributed by atoms with van der Waals surface area (Å²) in [5, 5.41) is 29.8. The molecule has 25 heavy (non-hydrogen) atoms. The van der Waals surface area contributed by atoms with Gasteiger partial charge in [0.25, 0.3) is 0 Å². The van der Waals surface area contributed by atoms with Crippen molar-refractivity contribution in [1.82, 2.24) is 14.5 Å². The Kier molecular flexibility index (Phi) is 3.89. The lowest BCUT2D eigenvalue weighted by Crippen LogP contribution is -2.35. The molecule has 4 N–H and O–H groups in total. The number of H-pyrrole nitrogens is 1. The molecule has 8 heteroatoms. The molecule has 3 aromatic rings. The van der Waals surface area contributed by atoms with Crippen LogP contribution >= 0.6 is 0 Å². The molecule has 1 aliphatic rings. The Morgan fingerprint density at radius 1 is 1.20 bits per heavy atom. The molecule has 4 atom stereocenters. The van der Waals surface area contributed by atoms with Gasteiger partial charge in [-0.05, 0) is 11.6 Å². The number of nitrogens with one attached hydrogen (secondary N) is 1. The van der Waals surface area contributed by atoms with E-state index in [0.29, 0.717) is 11.0 Å². The van der Waals surface area contributed by atoms with Gasteiger partial charge in [-0.25, -0.2) is 4.79 Å². The van der Waals surface area contributed by atoms with Crippen LogP contribution in [0.4, 0.5) is 0 Å². The van der Waals surface area contributed by atoms with Gasteiger partial charge in [0.1, 0.15) is 24.0 Å². The van der Waals surface area contributed by atoms with Crippen LogP contribution in [0.25, 0.3) is 22.3 Å². The Hall–Kier alpha value is -2.52. The van der Waals surface area contributed by atoms with E-state index in [4.69, 9.17) is 4.74 Å². The number of aliphatic hydroxyl groups is 3. The predicted molar refractivity (Wildman–Crippen MR) is 88.8 cm³/mol. The van der Waals surface area contributed by atoms with Crippen LogP contribution in [0.3, 0.4) is 0 Å². The highest BCUT2D eigenvalue weighted by Crippen LogP contribution is 2.29. The fourth-order valence-electron chi connectivity index (χ4n) is 3.07. The fraction of sp³-hybridized carbons (Fsp3) is 0.294. The molecule has 1 saturated heterocycles. The Morgan fingerprint density at radius 2 is 1.96 bits per heavy atom. The molecule has 1 aromatic carbocycles. The molecule has 130 valence electrons. The summed E-state index contributed by atoms with van der Waals surface area (Å²) < 4.78 is 6.54. The molecule has 3 heterocycles. The van der Waals surface area contributed by atoms with Crippen molar-refractivity contribution in [1.29, 1.82) is 0 Å². The number of fused-ring (bicyclic) bond motifs is 1. The van der Waals surface area contributed by atoms with Crippen LogP contribution in [-0.2, 0) is 4.74 Å². The van der Waals surface area contributed by atoms with Crippen molar-refractivity contribution >= 4 is 11.0 Å². The van der Waals surface area contributed by atoms with Crippen molar-refractivity contribution in [3.8, 4) is 11.3 Å². The highest BCUT2D eigenvalue weighted by atomic mass is 16.6. The number of hydrogen-bond donors (Lipinski definition) is 4. The van der Waals surface area contributed by atoms with Gasteiger partial charge >= 0.3 is 5.69 Å². The van der Waals surface area contributed by atoms with E-state index in [9.17, 15) is 20.1 Å². The van der Waals surface area contributed by atoms with Gasteiger partial charge in [-0.2, -0.15) is 4.98 Å². The third-order valence-corrected chi connectivity index (χ3v) is 4.41. The summed E-state index contributed by atoms with van der Waals surface area (Å²) in [5.41, 5.74) is 1.56. The second kappa shape index (κ2) is 6.08. The molecular formula is C17H17N3O5. The van der Waals surface area contributed by atoms with Crippen LogP contribution in [0.2, 0.25) is 0 Å². The van der Waals surface area contributed by atoms with Crippen LogP contribution in [0.5, 0.6) is 0 Å². The molecule has 0 amide bonds. The number of hydrogen-bond acceptors (Lipinski definition) is 6. The number of aromatic amines is 1. The first-order valence-electron chi connectivity index (χ1n) is 7.88. The number of aromatic nitrogens is 3. The Morgan fingerprint density at radius 3 is 2.64 bits per heavy atom. The standard InChI is InChI=1S/C17H17N3O5/c21-8-12-13(22)14(23)16(25-12)20-7-10-6-11(9-4-2-1-3-5-9)18-15(10)19-17(20)24/h1-7,12-14,16,21-23H,8H2,(H,18,19,24)/t12-,13-,14-,16-/m1/s1. The molecule has 0 aliphatic carbocycles. The SMILES string of the molecule is O=c1nc2[nH]c(-c3ccccc3)cc2cn1[C@@H]1O[C@H](CO)[C@@H](O)[C@H]1O. The van der Waals surface area contributed by atoms with Gasteiger partial charge in [-0.15, -0.1) is 0 Å². The zero-order valence-corrected chi connectivity index (χ0v) is 13.1. The minimum absolute atomic E-state index is 0.423. The molecule has 0 unspecified atom stereocenters. The third-order valence-electron chi connectivity index (χ3n) is 4.41. The Bertz CT molecular complexity index is 952. The summed E-state index contributed by atoms with van der Waals surface area (Å²) in [5.74, 6) is 0. The van der Waals surface area contributed by atoms with Crippen molar-refractivity contribution in [3.63, 3.8) is 0 Å². The maximum atomic E-state index is 12.3. The van der Waals surface area contributed by atoms with E-state index < -0.39 is 36.8 Å². The quantitative estimate of drug-likeness (QED) is 0.531. The van der Waals surface area contributed by atoms with Gasteiger partial charge < -0.3 is 25.0 Å². The van der Waals surface area contributed by atoms with Gasteiger partial charge in [0, 0.05) is 17.3 Å². The van der Waals surface area contributed by atoms with Crippen LogP contribution in [0, 0.1) is 0 Å². The molecule has 2 aromatic heterocycles. The molecular weight excluding hydrogens is 326 g/mol. The fourth-order valence-corrected chi connectivity index (χ4v) is 3.07. The Labute approximate surface area is 142 Å². The van der Waals surface area contributed by atoms with E-state index in [1.165, 1.54) is 6.20 Å². The molecule has 1 aliphatic heterocycles. The van der Waals surface area contributed by atoms with E-state index in [-0.39, 0.29) is 0 Å². The van der Waals surface area contributed by atoms with Crippen molar-refractivity contribution in [2.24, 2.45) is 0 Å². The van der Waals surface area contributed by atoms with Crippen molar-refractivity contribution in [3.05, 3.63) is 53.1 Å². The second-order valence-corrected chi connectivity index (χ2v) is 6.01. The Balaban J connectivity index is 1.76. The van der Waals surface area contributed by atoms with Gasteiger partial charge in [0.2, 0.25) is 0 Å². The first-order valence-corrected chi connectivity index (χ1v) is 7.88. The monoisotopic (exact) mass is 343 g/mol. The lowest BCUT2D eigenvalue weighted by atomic mass is 10.1. The van der Waals surface area contributed by atoms with Gasteiger partial charge in [-0.1, -0.05) is 30.3 Å². The van der Waals surface area contributed by atoms with E-state index >= 15 is 0 Å². The lowest BCUT2D eigenvalue weighted by molar-refractivity contribution is -0.0547. The van der Waals surface area contributed by atoms with E-state index in [1.807, 2.05) is 36.4 Å². The number of benzene rings is 1. The maximum absolute atomic E-state index is 12.3. The molecule has 4 rings (SSSR count). The summed E-state index contributed by atoms with van der Waals surface area (Å²) in [7, 11) is 0. The second-order valence-electron chi connectivity index (χ2n) is 6.01. The maximum Gasteiger partial charge on any atom is 0.351 e. The summed E-state index contributed by atoms with van der Waals surface area (Å²) in [4.78, 5) is 19.4. The highest BCUT2D eigenvalue weighted by Gasteiger charge is 2.43. The average Bonchev–Trinajstić information content (AvgIpc) is 3.16. The summed E-state index contributed by atoms with van der Waals surface area (Å²) in [6, 6.07) is 11.4. The van der Waals surface area contributed by atoms with Gasteiger partial charge in [0.05, 0.1) is 6.61 Å². The first kappa shape index (κ1) is 16.0. The highest BCUT2D eigenvalue weighted by molar-refractivity contribution is 5.82.